The van der Waals surface area contributed by atoms with Gasteiger partial charge in [-0.3, -0.25) is 9.59 Å². The molecule has 4 N–H and O–H groups in total. The van der Waals surface area contributed by atoms with Crippen molar-refractivity contribution in [1.82, 2.24) is 5.32 Å². The minimum absolute atomic E-state index is 0.127. The van der Waals surface area contributed by atoms with Crippen LogP contribution in [0.3, 0.4) is 0 Å². The van der Waals surface area contributed by atoms with Gasteiger partial charge >= 0.3 is 12.1 Å². The molecule has 0 saturated heterocycles. The number of benzene rings is 1. The molecule has 1 aromatic carbocycles. The first-order chi connectivity index (χ1) is 15.0. The minimum atomic E-state index is -0.782. The summed E-state index contributed by atoms with van der Waals surface area (Å²) in [6.45, 7) is 7.50. The van der Waals surface area contributed by atoms with Crippen molar-refractivity contribution in [1.29, 1.82) is 0 Å². The van der Waals surface area contributed by atoms with E-state index >= 15 is 0 Å². The van der Waals surface area contributed by atoms with Gasteiger partial charge < -0.3 is 25.6 Å². The lowest BCUT2D eigenvalue weighted by Gasteiger charge is -2.27. The average molecular weight is 449 g/mol. The van der Waals surface area contributed by atoms with Crippen molar-refractivity contribution in [2.75, 3.05) is 0 Å². The number of hydrogen-bond donors (Lipinski definition) is 3. The third-order valence-corrected chi connectivity index (χ3v) is 4.53. The van der Waals surface area contributed by atoms with Crippen LogP contribution in [-0.2, 0) is 25.7 Å². The van der Waals surface area contributed by atoms with Crippen LogP contribution in [-0.4, -0.2) is 40.8 Å². The van der Waals surface area contributed by atoms with Gasteiger partial charge in [0.15, 0.2) is 0 Å². The number of hydrogen-bond acceptors (Lipinski definition) is 5. The standard InChI is InChI=1S/C24H36N2O6/c1-17(20(14-15-21(25)27)26-23(30)32-24(2,3)4)31-16-19-12-10-18(11-13-19)8-6-5-7-9-22(28)29/h6,8,10-13,17,20H,5,7,9,14-16H2,1-4H3,(H2,25,27)(H,26,30)(H,28,29)/b8-6+/t17-,20+/m1/s1. The molecule has 8 heteroatoms. The zero-order chi connectivity index (χ0) is 24.1. The predicted molar refractivity (Wildman–Crippen MR) is 123 cm³/mol. The maximum absolute atomic E-state index is 12.1. The monoisotopic (exact) mass is 448 g/mol. The molecule has 32 heavy (non-hydrogen) atoms. The first-order valence-corrected chi connectivity index (χ1v) is 10.8. The highest BCUT2D eigenvalue weighted by molar-refractivity contribution is 5.74. The van der Waals surface area contributed by atoms with Gasteiger partial charge in [0, 0.05) is 12.8 Å². The van der Waals surface area contributed by atoms with E-state index in [0.29, 0.717) is 25.9 Å². The Balaban J connectivity index is 2.59. The van der Waals surface area contributed by atoms with E-state index in [0.717, 1.165) is 11.1 Å². The molecule has 0 heterocycles. The van der Waals surface area contributed by atoms with Gasteiger partial charge in [-0.1, -0.05) is 36.4 Å². The van der Waals surface area contributed by atoms with E-state index in [1.54, 1.807) is 20.8 Å². The number of alkyl carbamates (subject to hydrolysis) is 1. The van der Waals surface area contributed by atoms with E-state index in [1.807, 2.05) is 43.3 Å². The van der Waals surface area contributed by atoms with Crippen molar-refractivity contribution in [3.05, 3.63) is 41.5 Å². The number of aliphatic carboxylic acids is 1. The molecule has 2 amide bonds. The number of nitrogens with one attached hydrogen (secondary N) is 1. The molecule has 8 nitrogen and oxygen atoms in total. The van der Waals surface area contributed by atoms with Crippen LogP contribution < -0.4 is 11.1 Å². The highest BCUT2D eigenvalue weighted by Gasteiger charge is 2.24. The van der Waals surface area contributed by atoms with E-state index in [4.69, 9.17) is 20.3 Å². The molecule has 1 rings (SSSR count). The number of amides is 2. The molecule has 0 aromatic heterocycles. The fraction of sp³-hybridized carbons (Fsp3) is 0.542. The normalized spacial score (nSPS) is 13.5. The van der Waals surface area contributed by atoms with Crippen LogP contribution in [0.1, 0.15) is 70.9 Å². The van der Waals surface area contributed by atoms with Gasteiger partial charge in [0.1, 0.15) is 5.60 Å². The number of carboxylic acid groups (broad SMARTS) is 1. The maximum atomic E-state index is 12.1. The number of carboxylic acids is 1. The van der Waals surface area contributed by atoms with Crippen LogP contribution in [0.5, 0.6) is 0 Å². The quantitative estimate of drug-likeness (QED) is 0.391. The zero-order valence-corrected chi connectivity index (χ0v) is 19.4. The van der Waals surface area contributed by atoms with E-state index < -0.39 is 29.6 Å². The van der Waals surface area contributed by atoms with Gasteiger partial charge in [-0.05, 0) is 58.1 Å². The summed E-state index contributed by atoms with van der Waals surface area (Å²) < 4.78 is 11.2. The molecular weight excluding hydrogens is 412 g/mol. The molecule has 178 valence electrons. The topological polar surface area (TPSA) is 128 Å². The van der Waals surface area contributed by atoms with E-state index in [9.17, 15) is 14.4 Å². The Morgan fingerprint density at radius 2 is 1.81 bits per heavy atom. The van der Waals surface area contributed by atoms with Gasteiger partial charge in [-0.2, -0.15) is 0 Å². The molecular formula is C24H36N2O6. The Kier molecular flexibility index (Phi) is 11.5. The van der Waals surface area contributed by atoms with E-state index in [1.165, 1.54) is 0 Å². The fourth-order valence-corrected chi connectivity index (χ4v) is 2.84. The summed E-state index contributed by atoms with van der Waals surface area (Å²) in [7, 11) is 0. The zero-order valence-electron chi connectivity index (χ0n) is 19.4. The van der Waals surface area contributed by atoms with Gasteiger partial charge in [0.2, 0.25) is 5.91 Å². The highest BCUT2D eigenvalue weighted by Crippen LogP contribution is 2.14. The first-order valence-electron chi connectivity index (χ1n) is 10.8. The third-order valence-electron chi connectivity index (χ3n) is 4.53. The Labute approximate surface area is 190 Å². The Morgan fingerprint density at radius 1 is 1.16 bits per heavy atom. The van der Waals surface area contributed by atoms with Gasteiger partial charge in [0.25, 0.3) is 0 Å². The lowest BCUT2D eigenvalue weighted by atomic mass is 10.1. The predicted octanol–water partition coefficient (Wildman–Crippen LogP) is 4.02. The molecule has 0 bridgehead atoms. The van der Waals surface area contributed by atoms with Crippen molar-refractivity contribution in [2.45, 2.75) is 84.2 Å². The second kappa shape index (κ2) is 13.5. The summed E-state index contributed by atoms with van der Waals surface area (Å²) >= 11 is 0. The molecule has 0 spiro atoms. The molecule has 0 fully saturated rings. The molecule has 0 aliphatic carbocycles. The minimum Gasteiger partial charge on any atom is -0.481 e. The molecule has 0 aliphatic rings. The number of carbonyl (C=O) groups is 3. The van der Waals surface area contributed by atoms with Crippen molar-refractivity contribution >= 4 is 24.0 Å². The van der Waals surface area contributed by atoms with Gasteiger partial charge in [0.05, 0.1) is 18.8 Å². The number of nitrogens with two attached hydrogens (primary N) is 1. The lowest BCUT2D eigenvalue weighted by molar-refractivity contribution is -0.137. The summed E-state index contributed by atoms with van der Waals surface area (Å²) in [4.78, 5) is 33.9. The summed E-state index contributed by atoms with van der Waals surface area (Å²) in [6, 6.07) is 7.39. The summed E-state index contributed by atoms with van der Waals surface area (Å²) in [6.07, 6.45) is 4.96. The van der Waals surface area contributed by atoms with Crippen molar-refractivity contribution < 1.29 is 29.0 Å². The molecule has 0 aliphatic heterocycles. The van der Waals surface area contributed by atoms with Crippen molar-refractivity contribution in [2.24, 2.45) is 5.73 Å². The van der Waals surface area contributed by atoms with Crippen molar-refractivity contribution in [3.8, 4) is 0 Å². The number of unbranched alkanes of at least 4 members (excludes halogenated alkanes) is 1. The van der Waals surface area contributed by atoms with Crippen LogP contribution in [0.4, 0.5) is 4.79 Å². The average Bonchev–Trinajstić information content (AvgIpc) is 2.68. The van der Waals surface area contributed by atoms with E-state index in [-0.39, 0.29) is 18.9 Å². The highest BCUT2D eigenvalue weighted by atomic mass is 16.6. The summed E-state index contributed by atoms with van der Waals surface area (Å²) in [5.74, 6) is -1.23. The molecule has 0 saturated carbocycles. The number of ether oxygens (including phenoxy) is 2. The SMILES string of the molecule is C[C@@H](OCc1ccc(/C=C/CCCC(=O)O)cc1)[C@H](CCC(N)=O)NC(=O)OC(C)(C)C. The van der Waals surface area contributed by atoms with E-state index in [2.05, 4.69) is 5.32 Å². The summed E-state index contributed by atoms with van der Waals surface area (Å²) in [5.41, 5.74) is 6.61. The molecule has 0 radical (unpaired) electrons. The molecule has 2 atom stereocenters. The smallest absolute Gasteiger partial charge is 0.407 e. The van der Waals surface area contributed by atoms with Crippen LogP contribution in [0, 0.1) is 0 Å². The van der Waals surface area contributed by atoms with Gasteiger partial charge in [-0.15, -0.1) is 0 Å². The lowest BCUT2D eigenvalue weighted by Crippen LogP contribution is -2.45. The number of carbonyl (C=O) groups excluding carboxylic acids is 2. The van der Waals surface area contributed by atoms with Crippen LogP contribution in [0.15, 0.2) is 30.3 Å². The number of allylic oxidation sites excluding steroid dienone is 1. The molecule has 0 unspecified atom stereocenters. The fourth-order valence-electron chi connectivity index (χ4n) is 2.84. The van der Waals surface area contributed by atoms with Gasteiger partial charge in [-0.25, -0.2) is 4.79 Å². The van der Waals surface area contributed by atoms with Crippen molar-refractivity contribution in [3.63, 3.8) is 0 Å². The van der Waals surface area contributed by atoms with Crippen LogP contribution in [0.25, 0.3) is 6.08 Å². The Hall–Kier alpha value is -2.87. The number of rotatable bonds is 13. The number of primary amides is 1. The molecule has 1 aromatic rings. The third kappa shape index (κ3) is 12.7. The Bertz CT molecular complexity index is 768. The van der Waals surface area contributed by atoms with Crippen LogP contribution in [0.2, 0.25) is 0 Å². The second-order valence-corrected chi connectivity index (χ2v) is 8.70. The second-order valence-electron chi connectivity index (χ2n) is 8.70. The van der Waals surface area contributed by atoms with Crippen LogP contribution >= 0.6 is 0 Å². The maximum Gasteiger partial charge on any atom is 0.407 e. The Morgan fingerprint density at radius 3 is 2.38 bits per heavy atom. The summed E-state index contributed by atoms with van der Waals surface area (Å²) in [5, 5.41) is 11.4. The largest absolute Gasteiger partial charge is 0.481 e. The first kappa shape index (κ1) is 27.2.